The molecule has 0 aliphatic carbocycles. The highest BCUT2D eigenvalue weighted by atomic mass is 15.1. The molecule has 0 radical (unpaired) electrons. The van der Waals surface area contributed by atoms with Gasteiger partial charge in [-0.3, -0.25) is 0 Å². The molecule has 0 saturated heterocycles. The van der Waals surface area contributed by atoms with E-state index in [1.807, 2.05) is 0 Å². The van der Waals surface area contributed by atoms with Gasteiger partial charge in [0.05, 0.1) is 5.82 Å². The normalized spacial score (nSPS) is 11.4. The Morgan fingerprint density at radius 3 is 2.11 bits per heavy atom. The molecule has 0 amide bonds. The molecule has 0 rings (SSSR count). The standard InChI is InChI=1S/C16H35N3/c1-14(2)10-7-8-11-17-16(5)18-12-9-13-19(6)15(3)4/h14-15,17-18H,5,7-13H2,1-4,6H3. The first-order valence-corrected chi connectivity index (χ1v) is 7.80. The van der Waals surface area contributed by atoms with Crippen LogP contribution in [0.1, 0.15) is 53.4 Å². The molecule has 0 saturated carbocycles. The minimum absolute atomic E-state index is 0.627. The lowest BCUT2D eigenvalue weighted by Crippen LogP contribution is -2.31. The van der Waals surface area contributed by atoms with Crippen LogP contribution in [0, 0.1) is 5.92 Å². The molecule has 0 fully saturated rings. The Hall–Kier alpha value is -0.700. The van der Waals surface area contributed by atoms with Gasteiger partial charge in [-0.1, -0.05) is 33.3 Å². The molecule has 0 aromatic carbocycles. The van der Waals surface area contributed by atoms with Gasteiger partial charge in [-0.2, -0.15) is 0 Å². The average molecular weight is 269 g/mol. The Labute approximate surface area is 120 Å². The highest BCUT2D eigenvalue weighted by molar-refractivity contribution is 4.87. The Morgan fingerprint density at radius 2 is 1.58 bits per heavy atom. The summed E-state index contributed by atoms with van der Waals surface area (Å²) < 4.78 is 0. The quantitative estimate of drug-likeness (QED) is 0.533. The summed E-state index contributed by atoms with van der Waals surface area (Å²) in [6.45, 7) is 16.2. The minimum atomic E-state index is 0.627. The van der Waals surface area contributed by atoms with E-state index in [9.17, 15) is 0 Å². The zero-order valence-electron chi connectivity index (χ0n) is 13.8. The van der Waals surface area contributed by atoms with Crippen molar-refractivity contribution in [3.05, 3.63) is 12.4 Å². The minimum Gasteiger partial charge on any atom is -0.372 e. The third-order valence-corrected chi connectivity index (χ3v) is 3.45. The molecule has 0 bridgehead atoms. The van der Waals surface area contributed by atoms with E-state index in [0.29, 0.717) is 6.04 Å². The van der Waals surface area contributed by atoms with Crippen molar-refractivity contribution in [2.24, 2.45) is 5.92 Å². The predicted octanol–water partition coefficient (Wildman–Crippen LogP) is 3.19. The number of unbranched alkanes of at least 4 members (excludes halogenated alkanes) is 1. The van der Waals surface area contributed by atoms with Crippen molar-refractivity contribution in [3.8, 4) is 0 Å². The van der Waals surface area contributed by atoms with Crippen LogP contribution in [0.25, 0.3) is 0 Å². The summed E-state index contributed by atoms with van der Waals surface area (Å²) in [5.41, 5.74) is 0. The van der Waals surface area contributed by atoms with Gasteiger partial charge in [-0.05, 0) is 46.2 Å². The summed E-state index contributed by atoms with van der Waals surface area (Å²) in [4.78, 5) is 2.36. The van der Waals surface area contributed by atoms with E-state index in [1.165, 1.54) is 19.3 Å². The summed E-state index contributed by atoms with van der Waals surface area (Å²) >= 11 is 0. The maximum absolute atomic E-state index is 4.00. The second-order valence-corrected chi connectivity index (χ2v) is 6.15. The van der Waals surface area contributed by atoms with E-state index in [4.69, 9.17) is 0 Å². The van der Waals surface area contributed by atoms with Gasteiger partial charge < -0.3 is 15.5 Å². The second kappa shape index (κ2) is 11.2. The molecule has 0 unspecified atom stereocenters. The molecule has 0 atom stereocenters. The molecule has 0 spiro atoms. The van der Waals surface area contributed by atoms with Crippen LogP contribution in [0.4, 0.5) is 0 Å². The molecule has 0 aromatic rings. The Bertz CT molecular complexity index is 224. The Balaban J connectivity index is 3.35. The highest BCUT2D eigenvalue weighted by Gasteiger charge is 2.01. The van der Waals surface area contributed by atoms with Gasteiger partial charge in [0.15, 0.2) is 0 Å². The molecule has 0 aromatic heterocycles. The summed E-state index contributed by atoms with van der Waals surface area (Å²) in [5.74, 6) is 1.79. The van der Waals surface area contributed by atoms with Crippen molar-refractivity contribution in [2.75, 3.05) is 26.7 Å². The third-order valence-electron chi connectivity index (χ3n) is 3.45. The largest absolute Gasteiger partial charge is 0.372 e. The SMILES string of the molecule is C=C(NCCCCC(C)C)NCCCN(C)C(C)C. The van der Waals surface area contributed by atoms with Crippen LogP contribution in [-0.2, 0) is 0 Å². The first-order chi connectivity index (χ1) is 8.93. The molecular weight excluding hydrogens is 234 g/mol. The van der Waals surface area contributed by atoms with Crippen LogP contribution in [0.3, 0.4) is 0 Å². The topological polar surface area (TPSA) is 27.3 Å². The van der Waals surface area contributed by atoms with Crippen LogP contribution in [0.2, 0.25) is 0 Å². The van der Waals surface area contributed by atoms with Gasteiger partial charge in [0.25, 0.3) is 0 Å². The molecule has 3 heteroatoms. The second-order valence-electron chi connectivity index (χ2n) is 6.15. The van der Waals surface area contributed by atoms with E-state index >= 15 is 0 Å². The number of hydrogen-bond donors (Lipinski definition) is 2. The number of nitrogens with zero attached hydrogens (tertiary/aromatic N) is 1. The first-order valence-electron chi connectivity index (χ1n) is 7.80. The fraction of sp³-hybridized carbons (Fsp3) is 0.875. The van der Waals surface area contributed by atoms with Crippen molar-refractivity contribution in [2.45, 2.75) is 59.4 Å². The molecular formula is C16H35N3. The van der Waals surface area contributed by atoms with Crippen LogP contribution in [-0.4, -0.2) is 37.6 Å². The lowest BCUT2D eigenvalue weighted by molar-refractivity contribution is 0.270. The van der Waals surface area contributed by atoms with Gasteiger partial charge in [0, 0.05) is 19.1 Å². The van der Waals surface area contributed by atoms with Gasteiger partial charge in [-0.15, -0.1) is 0 Å². The molecule has 114 valence electrons. The van der Waals surface area contributed by atoms with E-state index in [0.717, 1.165) is 37.8 Å². The lowest BCUT2D eigenvalue weighted by Gasteiger charge is -2.21. The summed E-state index contributed by atoms with van der Waals surface area (Å²) in [6, 6.07) is 0.627. The smallest absolute Gasteiger partial charge is 0.0912 e. The molecule has 19 heavy (non-hydrogen) atoms. The third kappa shape index (κ3) is 12.1. The zero-order valence-corrected chi connectivity index (χ0v) is 13.8. The Kier molecular flexibility index (Phi) is 10.7. The lowest BCUT2D eigenvalue weighted by atomic mass is 10.1. The fourth-order valence-corrected chi connectivity index (χ4v) is 1.81. The van der Waals surface area contributed by atoms with Gasteiger partial charge in [0.1, 0.15) is 0 Å². The van der Waals surface area contributed by atoms with E-state index in [2.05, 4.69) is 56.9 Å². The Morgan fingerprint density at radius 1 is 1.00 bits per heavy atom. The molecule has 2 N–H and O–H groups in total. The van der Waals surface area contributed by atoms with Crippen LogP contribution in [0.15, 0.2) is 12.4 Å². The fourth-order valence-electron chi connectivity index (χ4n) is 1.81. The zero-order chi connectivity index (χ0) is 14.7. The van der Waals surface area contributed by atoms with Gasteiger partial charge >= 0.3 is 0 Å². The number of rotatable bonds is 12. The number of hydrogen-bond acceptors (Lipinski definition) is 3. The molecule has 0 aliphatic rings. The van der Waals surface area contributed by atoms with Crippen LogP contribution >= 0.6 is 0 Å². The van der Waals surface area contributed by atoms with Crippen molar-refractivity contribution in [1.29, 1.82) is 0 Å². The summed E-state index contributed by atoms with van der Waals surface area (Å²) in [6.07, 6.45) is 5.01. The van der Waals surface area contributed by atoms with Crippen molar-refractivity contribution in [1.82, 2.24) is 15.5 Å². The van der Waals surface area contributed by atoms with Crippen LogP contribution < -0.4 is 10.6 Å². The van der Waals surface area contributed by atoms with Crippen molar-refractivity contribution < 1.29 is 0 Å². The monoisotopic (exact) mass is 269 g/mol. The highest BCUT2D eigenvalue weighted by Crippen LogP contribution is 2.05. The van der Waals surface area contributed by atoms with E-state index in [1.54, 1.807) is 0 Å². The van der Waals surface area contributed by atoms with Gasteiger partial charge in [0.2, 0.25) is 0 Å². The molecule has 3 nitrogen and oxygen atoms in total. The summed E-state index contributed by atoms with van der Waals surface area (Å²) in [7, 11) is 2.17. The number of nitrogens with one attached hydrogen (secondary N) is 2. The van der Waals surface area contributed by atoms with Crippen molar-refractivity contribution in [3.63, 3.8) is 0 Å². The molecule has 0 heterocycles. The maximum atomic E-state index is 4.00. The van der Waals surface area contributed by atoms with Crippen LogP contribution in [0.5, 0.6) is 0 Å². The van der Waals surface area contributed by atoms with Crippen molar-refractivity contribution >= 4 is 0 Å². The summed E-state index contributed by atoms with van der Waals surface area (Å²) in [5, 5.41) is 6.69. The average Bonchev–Trinajstić information content (AvgIpc) is 2.33. The van der Waals surface area contributed by atoms with E-state index in [-0.39, 0.29) is 0 Å². The first kappa shape index (κ1) is 18.3. The predicted molar refractivity (Wildman–Crippen MR) is 86.2 cm³/mol. The maximum Gasteiger partial charge on any atom is 0.0912 e. The van der Waals surface area contributed by atoms with Gasteiger partial charge in [-0.25, -0.2) is 0 Å². The van der Waals surface area contributed by atoms with E-state index < -0.39 is 0 Å². The molecule has 0 aliphatic heterocycles.